The van der Waals surface area contributed by atoms with Crippen molar-refractivity contribution in [2.45, 2.75) is 25.4 Å². The van der Waals surface area contributed by atoms with Crippen LogP contribution in [0, 0.1) is 0 Å². The number of benzene rings is 1. The molecule has 33 heavy (non-hydrogen) atoms. The molecule has 172 valence electrons. The predicted octanol–water partition coefficient (Wildman–Crippen LogP) is 2.74. The molecule has 0 aliphatic carbocycles. The summed E-state index contributed by atoms with van der Waals surface area (Å²) in [6.45, 7) is 2.54. The van der Waals surface area contributed by atoms with Crippen LogP contribution in [0.1, 0.15) is 18.4 Å². The zero-order valence-corrected chi connectivity index (χ0v) is 18.7. The Morgan fingerprint density at radius 2 is 1.91 bits per heavy atom. The minimum atomic E-state index is 0.307. The number of fused-ring (bicyclic) bond motifs is 1. The number of nitrogen functional groups attached to an aromatic ring is 1. The van der Waals surface area contributed by atoms with Crippen LogP contribution in [-0.2, 0) is 6.54 Å². The van der Waals surface area contributed by atoms with Gasteiger partial charge in [-0.25, -0.2) is 4.98 Å². The van der Waals surface area contributed by atoms with Crippen molar-refractivity contribution >= 4 is 17.4 Å². The second-order valence-electron chi connectivity index (χ2n) is 7.99. The normalized spacial score (nSPS) is 14.7. The highest BCUT2D eigenvalue weighted by Crippen LogP contribution is 2.28. The number of hydrogen-bond acceptors (Lipinski definition) is 9. The molecular weight excluding hydrogens is 422 g/mol. The van der Waals surface area contributed by atoms with E-state index in [1.165, 1.54) is 0 Å². The van der Waals surface area contributed by atoms with Gasteiger partial charge in [0.1, 0.15) is 5.82 Å². The molecule has 0 radical (unpaired) electrons. The van der Waals surface area contributed by atoms with Crippen molar-refractivity contribution in [2.24, 2.45) is 0 Å². The van der Waals surface area contributed by atoms with E-state index in [0.29, 0.717) is 29.2 Å². The number of anilines is 2. The van der Waals surface area contributed by atoms with E-state index in [-0.39, 0.29) is 0 Å². The van der Waals surface area contributed by atoms with Crippen molar-refractivity contribution < 1.29 is 13.9 Å². The van der Waals surface area contributed by atoms with Crippen LogP contribution >= 0.6 is 0 Å². The highest BCUT2D eigenvalue weighted by molar-refractivity contribution is 5.59. The van der Waals surface area contributed by atoms with Gasteiger partial charge in [-0.2, -0.15) is 9.50 Å². The number of aromatic nitrogens is 4. The van der Waals surface area contributed by atoms with Gasteiger partial charge in [-0.3, -0.25) is 0 Å². The Kier molecular flexibility index (Phi) is 5.74. The molecule has 1 saturated heterocycles. The summed E-state index contributed by atoms with van der Waals surface area (Å²) in [6, 6.07) is 12.0. The molecule has 1 aliphatic rings. The van der Waals surface area contributed by atoms with Gasteiger partial charge in [0, 0.05) is 31.7 Å². The molecule has 0 spiro atoms. The van der Waals surface area contributed by atoms with E-state index in [4.69, 9.17) is 19.6 Å². The Labute approximate surface area is 191 Å². The lowest BCUT2D eigenvalue weighted by atomic mass is 10.0. The Morgan fingerprint density at radius 1 is 1.09 bits per heavy atom. The van der Waals surface area contributed by atoms with Crippen LogP contribution in [-0.4, -0.2) is 52.9 Å². The first-order valence-corrected chi connectivity index (χ1v) is 10.9. The fourth-order valence-corrected chi connectivity index (χ4v) is 4.14. The summed E-state index contributed by atoms with van der Waals surface area (Å²) >= 11 is 0. The summed E-state index contributed by atoms with van der Waals surface area (Å²) in [5, 5.41) is 8.06. The zero-order valence-electron chi connectivity index (χ0n) is 18.7. The summed E-state index contributed by atoms with van der Waals surface area (Å²) in [4.78, 5) is 11.4. The molecule has 3 aromatic heterocycles. The van der Waals surface area contributed by atoms with E-state index in [1.54, 1.807) is 31.1 Å². The minimum Gasteiger partial charge on any atom is -0.493 e. The smallest absolute Gasteiger partial charge is 0.225 e. The topological polar surface area (TPSA) is 116 Å². The first-order valence-electron chi connectivity index (χ1n) is 10.9. The molecule has 0 amide bonds. The van der Waals surface area contributed by atoms with Crippen LogP contribution < -0.4 is 25.4 Å². The van der Waals surface area contributed by atoms with Gasteiger partial charge in [-0.05, 0) is 42.7 Å². The molecule has 10 nitrogen and oxygen atoms in total. The minimum absolute atomic E-state index is 0.307. The average Bonchev–Trinajstić information content (AvgIpc) is 3.53. The van der Waals surface area contributed by atoms with Gasteiger partial charge in [0.05, 0.1) is 20.5 Å². The van der Waals surface area contributed by atoms with Crippen molar-refractivity contribution in [3.05, 3.63) is 48.2 Å². The SMILES string of the molecule is COc1ccc(CNC2CCN(c3cc4nc(-c5ccco5)nn4c(N)n3)CC2)cc1OC. The molecule has 10 heteroatoms. The molecule has 4 heterocycles. The van der Waals surface area contributed by atoms with E-state index >= 15 is 0 Å². The second-order valence-corrected chi connectivity index (χ2v) is 7.99. The Balaban J connectivity index is 1.22. The highest BCUT2D eigenvalue weighted by atomic mass is 16.5. The van der Waals surface area contributed by atoms with Crippen LogP contribution in [0.3, 0.4) is 0 Å². The van der Waals surface area contributed by atoms with Gasteiger partial charge in [-0.1, -0.05) is 6.07 Å². The van der Waals surface area contributed by atoms with E-state index in [9.17, 15) is 0 Å². The fourth-order valence-electron chi connectivity index (χ4n) is 4.14. The average molecular weight is 450 g/mol. The lowest BCUT2D eigenvalue weighted by Crippen LogP contribution is -2.42. The summed E-state index contributed by atoms with van der Waals surface area (Å²) in [7, 11) is 3.30. The van der Waals surface area contributed by atoms with Crippen LogP contribution in [0.2, 0.25) is 0 Å². The monoisotopic (exact) mass is 449 g/mol. The molecule has 0 unspecified atom stereocenters. The molecule has 5 rings (SSSR count). The van der Waals surface area contributed by atoms with Crippen LogP contribution in [0.15, 0.2) is 47.1 Å². The van der Waals surface area contributed by atoms with Crippen molar-refractivity contribution in [2.75, 3.05) is 37.9 Å². The van der Waals surface area contributed by atoms with Gasteiger partial charge in [0.2, 0.25) is 11.8 Å². The number of ether oxygens (including phenoxy) is 2. The number of nitrogens with one attached hydrogen (secondary N) is 1. The Hall–Kier alpha value is -3.79. The van der Waals surface area contributed by atoms with Gasteiger partial charge in [0.25, 0.3) is 0 Å². The molecule has 0 bridgehead atoms. The van der Waals surface area contributed by atoms with Gasteiger partial charge >= 0.3 is 0 Å². The van der Waals surface area contributed by atoms with Crippen LogP contribution in [0.5, 0.6) is 11.5 Å². The van der Waals surface area contributed by atoms with Crippen LogP contribution in [0.4, 0.5) is 11.8 Å². The van der Waals surface area contributed by atoms with E-state index in [1.807, 2.05) is 24.3 Å². The molecule has 1 fully saturated rings. The molecule has 0 atom stereocenters. The van der Waals surface area contributed by atoms with Gasteiger partial charge in [0.15, 0.2) is 22.9 Å². The standard InChI is InChI=1S/C23H27N7O3/c1-31-17-6-5-15(12-19(17)32-2)14-25-16-7-9-29(10-8-16)20-13-21-26-22(18-4-3-11-33-18)28-30(21)23(24)27-20/h3-6,11-13,16,25H,7-10,14H2,1-2H3,(H2,24,27). The fraction of sp³-hybridized carbons (Fsp3) is 0.348. The van der Waals surface area contributed by atoms with Gasteiger partial charge < -0.3 is 29.8 Å². The number of furan rings is 1. The van der Waals surface area contributed by atoms with Crippen molar-refractivity contribution in [1.82, 2.24) is 24.9 Å². The van der Waals surface area contributed by atoms with Crippen molar-refractivity contribution in [3.63, 3.8) is 0 Å². The van der Waals surface area contributed by atoms with Crippen LogP contribution in [0.25, 0.3) is 17.2 Å². The van der Waals surface area contributed by atoms with Crippen molar-refractivity contribution in [3.8, 4) is 23.1 Å². The third-order valence-electron chi connectivity index (χ3n) is 5.94. The number of nitrogens with two attached hydrogens (primary N) is 1. The first-order chi connectivity index (χ1) is 16.1. The number of piperidine rings is 1. The van der Waals surface area contributed by atoms with E-state index < -0.39 is 0 Å². The number of nitrogens with zero attached hydrogens (tertiary/aromatic N) is 5. The summed E-state index contributed by atoms with van der Waals surface area (Å²) in [5.74, 6) is 3.69. The maximum Gasteiger partial charge on any atom is 0.225 e. The summed E-state index contributed by atoms with van der Waals surface area (Å²) in [5.41, 5.74) is 7.99. The quantitative estimate of drug-likeness (QED) is 0.439. The largest absolute Gasteiger partial charge is 0.493 e. The lowest BCUT2D eigenvalue weighted by Gasteiger charge is -2.33. The molecule has 3 N–H and O–H groups in total. The zero-order chi connectivity index (χ0) is 22.8. The lowest BCUT2D eigenvalue weighted by molar-refractivity contribution is 0.354. The maximum absolute atomic E-state index is 6.17. The highest BCUT2D eigenvalue weighted by Gasteiger charge is 2.22. The second kappa shape index (κ2) is 8.99. The third-order valence-corrected chi connectivity index (χ3v) is 5.94. The molecule has 4 aromatic rings. The first kappa shape index (κ1) is 21.1. The van der Waals surface area contributed by atoms with E-state index in [0.717, 1.165) is 55.4 Å². The molecule has 0 saturated carbocycles. The Bertz CT molecular complexity index is 1230. The van der Waals surface area contributed by atoms with Gasteiger partial charge in [-0.15, -0.1) is 5.10 Å². The Morgan fingerprint density at radius 3 is 2.64 bits per heavy atom. The summed E-state index contributed by atoms with van der Waals surface area (Å²) in [6.07, 6.45) is 3.60. The molecule has 1 aromatic carbocycles. The summed E-state index contributed by atoms with van der Waals surface area (Å²) < 4.78 is 17.7. The van der Waals surface area contributed by atoms with E-state index in [2.05, 4.69) is 31.3 Å². The molecule has 1 aliphatic heterocycles. The number of hydrogen-bond donors (Lipinski definition) is 2. The number of rotatable bonds is 7. The maximum atomic E-state index is 6.17. The number of methoxy groups -OCH3 is 2. The predicted molar refractivity (Wildman–Crippen MR) is 125 cm³/mol. The van der Waals surface area contributed by atoms with Crippen molar-refractivity contribution in [1.29, 1.82) is 0 Å². The third kappa shape index (κ3) is 4.29. The molecular formula is C23H27N7O3.